The van der Waals surface area contributed by atoms with Gasteiger partial charge in [-0.3, -0.25) is 0 Å². The van der Waals surface area contributed by atoms with E-state index < -0.39 is 19.7 Å². The maximum atomic E-state index is 11.5. The van der Waals surface area contributed by atoms with Gasteiger partial charge >= 0.3 is 88.4 Å². The van der Waals surface area contributed by atoms with Gasteiger partial charge in [-0.15, -0.1) is 0 Å². The predicted octanol–water partition coefficient (Wildman–Crippen LogP) is 0.961. The summed E-state index contributed by atoms with van der Waals surface area (Å²) in [6.45, 7) is 3.83. The van der Waals surface area contributed by atoms with Crippen LogP contribution in [0.3, 0.4) is 0 Å². The van der Waals surface area contributed by atoms with Gasteiger partial charge in [-0.25, -0.2) is 0 Å². The molecule has 0 aliphatic carbocycles. The van der Waals surface area contributed by atoms with Crippen LogP contribution in [0.1, 0.15) is 20.3 Å². The molecule has 0 radical (unpaired) electrons. The number of nitrogens with one attached hydrogen (secondary N) is 1. The van der Waals surface area contributed by atoms with Gasteiger partial charge in [0.05, 0.1) is 0 Å². The van der Waals surface area contributed by atoms with Crippen molar-refractivity contribution < 1.29 is 23.3 Å². The van der Waals surface area contributed by atoms with E-state index in [9.17, 15) is 9.69 Å². The summed E-state index contributed by atoms with van der Waals surface area (Å²) in [6.07, 6.45) is 0.784. The van der Waals surface area contributed by atoms with Crippen molar-refractivity contribution in [2.24, 2.45) is 5.92 Å². The third-order valence-electron chi connectivity index (χ3n) is 2.72. The summed E-state index contributed by atoms with van der Waals surface area (Å²) in [7, 11) is -1.88. The first-order valence-corrected chi connectivity index (χ1v) is 6.74. The zero-order valence-electron chi connectivity index (χ0n) is 9.39. The van der Waals surface area contributed by atoms with E-state index in [0.29, 0.717) is 0 Å². The standard InChI is InChI=1S/C8H18NO5P/c1-5-6(2)7-8(10)14-15(11,9-7,12-3)13-4/h6-7,9,11H,5H2,1-4H3/t6?,7-/m0/s1. The van der Waals surface area contributed by atoms with Crippen LogP contribution in [0.15, 0.2) is 0 Å². The number of carbonyl (C=O) groups is 1. The van der Waals surface area contributed by atoms with Crippen molar-refractivity contribution in [1.82, 2.24) is 5.09 Å². The van der Waals surface area contributed by atoms with Gasteiger partial charge in [-0.05, 0) is 0 Å². The Morgan fingerprint density at radius 1 is 1.60 bits per heavy atom. The average molecular weight is 239 g/mol. The SMILES string of the molecule is CCC(C)[C@@H]1NP(O)(OC)(OC)OC1=O. The fraction of sp³-hybridized carbons (Fsp3) is 0.875. The van der Waals surface area contributed by atoms with Crippen LogP contribution in [-0.2, 0) is 18.4 Å². The van der Waals surface area contributed by atoms with Gasteiger partial charge in [0.15, 0.2) is 0 Å². The maximum absolute atomic E-state index is 11.5. The summed E-state index contributed by atoms with van der Waals surface area (Å²) in [4.78, 5) is 21.6. The molecule has 6 nitrogen and oxygen atoms in total. The molecule has 2 atom stereocenters. The van der Waals surface area contributed by atoms with Gasteiger partial charge in [0.1, 0.15) is 0 Å². The quantitative estimate of drug-likeness (QED) is 0.711. The molecule has 2 N–H and O–H groups in total. The molecule has 1 rings (SSSR count). The molecule has 0 aromatic carbocycles. The summed E-state index contributed by atoms with van der Waals surface area (Å²) in [6, 6.07) is -0.586. The van der Waals surface area contributed by atoms with Crippen molar-refractivity contribution in [3.8, 4) is 0 Å². The Morgan fingerprint density at radius 2 is 2.13 bits per heavy atom. The Hall–Kier alpha value is -0.260. The molecule has 1 fully saturated rings. The van der Waals surface area contributed by atoms with Crippen molar-refractivity contribution in [1.29, 1.82) is 0 Å². The molecular formula is C8H18NO5P. The molecule has 7 heteroatoms. The predicted molar refractivity (Wildman–Crippen MR) is 55.6 cm³/mol. The minimum absolute atomic E-state index is 0.0407. The number of hydrogen-bond donors (Lipinski definition) is 2. The number of carbonyl (C=O) groups excluding carboxylic acids is 1. The molecule has 0 aromatic heterocycles. The van der Waals surface area contributed by atoms with E-state index in [1.807, 2.05) is 13.8 Å². The molecule has 0 saturated carbocycles. The molecule has 0 aromatic rings. The van der Waals surface area contributed by atoms with Gasteiger partial charge in [0, 0.05) is 0 Å². The molecule has 0 spiro atoms. The van der Waals surface area contributed by atoms with Crippen molar-refractivity contribution in [3.63, 3.8) is 0 Å². The van der Waals surface area contributed by atoms with E-state index in [-0.39, 0.29) is 5.92 Å². The first-order valence-electron chi connectivity index (χ1n) is 4.80. The van der Waals surface area contributed by atoms with E-state index in [0.717, 1.165) is 6.42 Å². The van der Waals surface area contributed by atoms with Crippen LogP contribution in [0.2, 0.25) is 0 Å². The van der Waals surface area contributed by atoms with E-state index in [1.165, 1.54) is 14.2 Å². The van der Waals surface area contributed by atoms with Crippen LogP contribution in [0.25, 0.3) is 0 Å². The second-order valence-electron chi connectivity index (χ2n) is 3.61. The normalized spacial score (nSPS) is 32.7. The van der Waals surface area contributed by atoms with E-state index >= 15 is 0 Å². The Morgan fingerprint density at radius 3 is 2.47 bits per heavy atom. The third-order valence-corrected chi connectivity index (χ3v) is 5.22. The van der Waals surface area contributed by atoms with Crippen molar-refractivity contribution in [2.75, 3.05) is 14.2 Å². The van der Waals surface area contributed by atoms with E-state index in [1.54, 1.807) is 0 Å². The first kappa shape index (κ1) is 12.8. The second-order valence-corrected chi connectivity index (χ2v) is 6.47. The topological polar surface area (TPSA) is 77.0 Å². The molecular weight excluding hydrogens is 221 g/mol. The second kappa shape index (κ2) is 3.96. The fourth-order valence-electron chi connectivity index (χ4n) is 1.38. The van der Waals surface area contributed by atoms with E-state index in [4.69, 9.17) is 13.6 Å². The summed E-state index contributed by atoms with van der Waals surface area (Å²) >= 11 is 0. The minimum atomic E-state index is -4.36. The van der Waals surface area contributed by atoms with Crippen LogP contribution in [-0.4, -0.2) is 31.1 Å². The molecule has 90 valence electrons. The molecule has 1 heterocycles. The molecule has 0 amide bonds. The van der Waals surface area contributed by atoms with Gasteiger partial charge in [0.2, 0.25) is 0 Å². The summed E-state index contributed by atoms with van der Waals surface area (Å²) in [5, 5.41) is 2.65. The summed E-state index contributed by atoms with van der Waals surface area (Å²) < 4.78 is 14.5. The molecule has 1 aliphatic rings. The third kappa shape index (κ3) is 2.14. The molecule has 1 unspecified atom stereocenters. The average Bonchev–Trinajstić information content (AvgIpc) is 2.53. The van der Waals surface area contributed by atoms with Crippen LogP contribution in [0.4, 0.5) is 0 Å². The molecule has 1 aliphatic heterocycles. The monoisotopic (exact) mass is 239 g/mol. The van der Waals surface area contributed by atoms with Crippen molar-refractivity contribution in [2.45, 2.75) is 26.3 Å². The van der Waals surface area contributed by atoms with Crippen molar-refractivity contribution >= 4 is 13.6 Å². The van der Waals surface area contributed by atoms with Gasteiger partial charge in [-0.2, -0.15) is 0 Å². The van der Waals surface area contributed by atoms with Gasteiger partial charge in [-0.1, -0.05) is 0 Å². The van der Waals surface area contributed by atoms with Crippen LogP contribution in [0, 0.1) is 5.92 Å². The zero-order valence-corrected chi connectivity index (χ0v) is 10.3. The Balaban J connectivity index is 2.91. The Bertz CT molecular complexity index is 268. The number of hydrogen-bond acceptors (Lipinski definition) is 6. The zero-order chi connectivity index (χ0) is 11.7. The summed E-state index contributed by atoms with van der Waals surface area (Å²) in [5.74, 6) is -0.493. The Labute approximate surface area is 89.2 Å². The first-order chi connectivity index (χ1) is 6.88. The molecule has 15 heavy (non-hydrogen) atoms. The van der Waals surface area contributed by atoms with Gasteiger partial charge in [0.25, 0.3) is 0 Å². The Kier molecular flexibility index (Phi) is 3.38. The summed E-state index contributed by atoms with van der Waals surface area (Å²) in [5.41, 5.74) is 0. The number of rotatable bonds is 4. The van der Waals surface area contributed by atoms with Crippen molar-refractivity contribution in [3.05, 3.63) is 0 Å². The fourth-order valence-corrected chi connectivity index (χ4v) is 3.19. The van der Waals surface area contributed by atoms with Crippen LogP contribution >= 0.6 is 7.66 Å². The molecule has 0 bridgehead atoms. The van der Waals surface area contributed by atoms with Crippen LogP contribution in [0.5, 0.6) is 0 Å². The molecule has 1 saturated heterocycles. The van der Waals surface area contributed by atoms with Gasteiger partial charge < -0.3 is 0 Å². The van der Waals surface area contributed by atoms with Crippen LogP contribution < -0.4 is 5.09 Å². The van der Waals surface area contributed by atoms with E-state index in [2.05, 4.69) is 5.09 Å².